The van der Waals surface area contributed by atoms with Crippen molar-refractivity contribution in [1.82, 2.24) is 4.57 Å². The SMILES string of the molecule is c1cc(-c2cccc3c2oc2ccccc23)cc(N(c2cccc3c2sc2ccccc23)c2ccc(-c3cccc(-n4c5ccccc5c5ccccc54)c3)c3oc4ccccc4c23)c1. The summed E-state index contributed by atoms with van der Waals surface area (Å²) in [5.41, 5.74) is 14.4. The zero-order chi connectivity index (χ0) is 42.6. The van der Waals surface area contributed by atoms with Crippen molar-refractivity contribution in [1.29, 1.82) is 0 Å². The first kappa shape index (κ1) is 36.1. The highest BCUT2D eigenvalue weighted by Gasteiger charge is 2.25. The third kappa shape index (κ3) is 5.43. The van der Waals surface area contributed by atoms with E-state index in [4.69, 9.17) is 8.83 Å². The van der Waals surface area contributed by atoms with Crippen molar-refractivity contribution in [3.63, 3.8) is 0 Å². The van der Waals surface area contributed by atoms with Crippen molar-refractivity contribution in [3.05, 3.63) is 218 Å². The molecule has 0 saturated heterocycles. The number of nitrogens with zero attached hydrogens (tertiary/aromatic N) is 2. The smallest absolute Gasteiger partial charge is 0.145 e. The highest BCUT2D eigenvalue weighted by Crippen LogP contribution is 2.50. The van der Waals surface area contributed by atoms with Crippen LogP contribution in [-0.2, 0) is 0 Å². The quantitative estimate of drug-likeness (QED) is 0.167. The summed E-state index contributed by atoms with van der Waals surface area (Å²) in [7, 11) is 0. The van der Waals surface area contributed by atoms with Crippen molar-refractivity contribution in [2.75, 3.05) is 4.90 Å². The maximum atomic E-state index is 7.03. The molecule has 5 heteroatoms. The molecule has 0 spiro atoms. The molecule has 0 radical (unpaired) electrons. The highest BCUT2D eigenvalue weighted by molar-refractivity contribution is 7.26. The lowest BCUT2D eigenvalue weighted by molar-refractivity contribution is 0.669. The molecule has 14 rings (SSSR count). The van der Waals surface area contributed by atoms with Crippen LogP contribution in [0, 0.1) is 0 Å². The van der Waals surface area contributed by atoms with Crippen molar-refractivity contribution in [2.24, 2.45) is 0 Å². The number of aromatic nitrogens is 1. The minimum Gasteiger partial charge on any atom is -0.455 e. The molecule has 304 valence electrons. The van der Waals surface area contributed by atoms with Crippen molar-refractivity contribution >= 4 is 114 Å². The summed E-state index contributed by atoms with van der Waals surface area (Å²) >= 11 is 1.84. The number of fused-ring (bicyclic) bond motifs is 12. The van der Waals surface area contributed by atoms with E-state index < -0.39 is 0 Å². The molecule has 0 bridgehead atoms. The van der Waals surface area contributed by atoms with Crippen LogP contribution >= 0.6 is 11.3 Å². The van der Waals surface area contributed by atoms with Gasteiger partial charge in [-0.05, 0) is 83.9 Å². The molecule has 0 aliphatic carbocycles. The van der Waals surface area contributed by atoms with Gasteiger partial charge in [0.05, 0.1) is 32.5 Å². The molecule has 65 heavy (non-hydrogen) atoms. The number of para-hydroxylation sites is 5. The van der Waals surface area contributed by atoms with Crippen LogP contribution in [0.4, 0.5) is 17.1 Å². The van der Waals surface area contributed by atoms with Gasteiger partial charge in [-0.15, -0.1) is 11.3 Å². The number of anilines is 3. The van der Waals surface area contributed by atoms with Crippen LogP contribution in [0.2, 0.25) is 0 Å². The first-order valence-corrected chi connectivity index (χ1v) is 22.8. The summed E-state index contributed by atoms with van der Waals surface area (Å²) in [5.74, 6) is 0. The van der Waals surface area contributed by atoms with Crippen LogP contribution in [-0.4, -0.2) is 4.57 Å². The standard InChI is InChI=1S/C60H36N2O2S/c1-6-27-50-43(19-1)44-20-2-7-28-51(44)61(50)39-17-12-16-38(36-39)42-33-34-52(57-49-23-4-9-31-55(49)64-59(42)57)62(53-29-14-26-48-46-22-5-10-32-56(46)65-60(48)53)40-18-11-15-37(35-40)41-24-13-25-47-45-21-3-8-30-54(45)63-58(41)47/h1-36H. The van der Waals surface area contributed by atoms with Gasteiger partial charge in [-0.1, -0.05) is 146 Å². The summed E-state index contributed by atoms with van der Waals surface area (Å²) in [4.78, 5) is 2.45. The molecule has 4 aromatic heterocycles. The number of rotatable bonds is 6. The Kier molecular flexibility index (Phi) is 7.82. The van der Waals surface area contributed by atoms with Gasteiger partial charge in [0.15, 0.2) is 0 Å². The molecule has 14 aromatic rings. The molecule has 4 heterocycles. The lowest BCUT2D eigenvalue weighted by Gasteiger charge is -2.27. The summed E-state index contributed by atoms with van der Waals surface area (Å²) in [6.07, 6.45) is 0. The number of thiophene rings is 1. The predicted octanol–water partition coefficient (Wildman–Crippen LogP) is 17.8. The molecule has 0 aliphatic heterocycles. The zero-order valence-corrected chi connectivity index (χ0v) is 35.7. The van der Waals surface area contributed by atoms with Crippen LogP contribution in [0.3, 0.4) is 0 Å². The second kappa shape index (κ2) is 14.1. The number of hydrogen-bond acceptors (Lipinski definition) is 4. The Morgan fingerprint density at radius 1 is 0.385 bits per heavy atom. The van der Waals surface area contributed by atoms with E-state index in [1.165, 1.54) is 42.0 Å². The third-order valence-electron chi connectivity index (χ3n) is 13.2. The number of benzene rings is 10. The second-order valence-corrected chi connectivity index (χ2v) is 17.8. The minimum absolute atomic E-state index is 0.847. The number of hydrogen-bond donors (Lipinski definition) is 0. The predicted molar refractivity (Wildman–Crippen MR) is 274 cm³/mol. The highest BCUT2D eigenvalue weighted by atomic mass is 32.1. The third-order valence-corrected chi connectivity index (χ3v) is 14.4. The fraction of sp³-hybridized carbons (Fsp3) is 0. The van der Waals surface area contributed by atoms with Gasteiger partial charge in [0.1, 0.15) is 22.3 Å². The molecule has 0 N–H and O–H groups in total. The van der Waals surface area contributed by atoms with Crippen LogP contribution in [0.25, 0.3) is 114 Å². The van der Waals surface area contributed by atoms with E-state index in [9.17, 15) is 0 Å². The Hall–Kier alpha value is -8.38. The molecule has 0 unspecified atom stereocenters. The fourth-order valence-corrected chi connectivity index (χ4v) is 11.5. The monoisotopic (exact) mass is 848 g/mol. The van der Waals surface area contributed by atoms with Gasteiger partial charge in [0.2, 0.25) is 0 Å². The summed E-state index contributed by atoms with van der Waals surface area (Å²) < 4.78 is 18.5. The molecular weight excluding hydrogens is 813 g/mol. The van der Waals surface area contributed by atoms with Gasteiger partial charge < -0.3 is 18.3 Å². The Morgan fingerprint density at radius 2 is 0.969 bits per heavy atom. The Bertz CT molecular complexity index is 4170. The largest absolute Gasteiger partial charge is 0.455 e. The Labute approximate surface area is 377 Å². The van der Waals surface area contributed by atoms with E-state index in [1.54, 1.807) is 0 Å². The molecule has 10 aromatic carbocycles. The van der Waals surface area contributed by atoms with Gasteiger partial charge >= 0.3 is 0 Å². The summed E-state index contributed by atoms with van der Waals surface area (Å²) in [6.45, 7) is 0. The Morgan fingerprint density at radius 3 is 1.78 bits per heavy atom. The topological polar surface area (TPSA) is 34.5 Å². The zero-order valence-electron chi connectivity index (χ0n) is 34.9. The van der Waals surface area contributed by atoms with Gasteiger partial charge in [-0.3, -0.25) is 0 Å². The van der Waals surface area contributed by atoms with E-state index in [2.05, 4.69) is 216 Å². The number of furan rings is 2. The van der Waals surface area contributed by atoms with Crippen molar-refractivity contribution < 1.29 is 8.83 Å². The normalized spacial score (nSPS) is 12.0. The average Bonchev–Trinajstić information content (AvgIpc) is 4.14. The molecular formula is C60H36N2O2S. The van der Waals surface area contributed by atoms with Crippen molar-refractivity contribution in [2.45, 2.75) is 0 Å². The van der Waals surface area contributed by atoms with Crippen LogP contribution in [0.5, 0.6) is 0 Å². The van der Waals surface area contributed by atoms with E-state index in [0.717, 1.165) is 88.9 Å². The van der Waals surface area contributed by atoms with Crippen LogP contribution < -0.4 is 4.90 Å². The van der Waals surface area contributed by atoms with E-state index in [-0.39, 0.29) is 0 Å². The molecule has 0 aliphatic rings. The lowest BCUT2D eigenvalue weighted by Crippen LogP contribution is -2.11. The van der Waals surface area contributed by atoms with Crippen LogP contribution in [0.15, 0.2) is 227 Å². The Balaban J connectivity index is 1.02. The maximum Gasteiger partial charge on any atom is 0.145 e. The molecule has 0 saturated carbocycles. The van der Waals surface area contributed by atoms with Gasteiger partial charge in [-0.2, -0.15) is 0 Å². The molecule has 0 fully saturated rings. The average molecular weight is 849 g/mol. The molecule has 4 nitrogen and oxygen atoms in total. The van der Waals surface area contributed by atoms with Crippen LogP contribution in [0.1, 0.15) is 0 Å². The molecule has 0 amide bonds. The first-order chi connectivity index (χ1) is 32.2. The summed E-state index contributed by atoms with van der Waals surface area (Å²) in [5, 5.41) is 9.33. The van der Waals surface area contributed by atoms with E-state index in [1.807, 2.05) is 23.5 Å². The summed E-state index contributed by atoms with van der Waals surface area (Å²) in [6, 6.07) is 78.4. The second-order valence-electron chi connectivity index (χ2n) is 16.8. The van der Waals surface area contributed by atoms with Crippen molar-refractivity contribution in [3.8, 4) is 27.9 Å². The van der Waals surface area contributed by atoms with E-state index in [0.29, 0.717) is 0 Å². The maximum absolute atomic E-state index is 7.03. The minimum atomic E-state index is 0.847. The fourth-order valence-electron chi connectivity index (χ4n) is 10.3. The molecule has 0 atom stereocenters. The van der Waals surface area contributed by atoms with Gasteiger partial charge in [0, 0.05) is 64.9 Å². The van der Waals surface area contributed by atoms with Gasteiger partial charge in [0.25, 0.3) is 0 Å². The first-order valence-electron chi connectivity index (χ1n) is 22.0. The van der Waals surface area contributed by atoms with Gasteiger partial charge in [-0.25, -0.2) is 0 Å². The lowest BCUT2D eigenvalue weighted by atomic mass is 9.98. The van der Waals surface area contributed by atoms with E-state index >= 15 is 0 Å².